The maximum atomic E-state index is 13.1. The second-order valence-electron chi connectivity index (χ2n) is 4.92. The standard InChI is InChI=1S/C14H15F3N4O/c1-3-11(22)9(2)7-10-8-21(13-18-5-4-6-19-13)20-12(10)14(15,16)17/h4-6,8-9H,3,7H2,1-2H3. The highest BCUT2D eigenvalue weighted by atomic mass is 19.4. The molecule has 2 heterocycles. The lowest BCUT2D eigenvalue weighted by Gasteiger charge is -2.10. The molecular formula is C14H15F3N4O. The van der Waals surface area contributed by atoms with E-state index in [4.69, 9.17) is 0 Å². The van der Waals surface area contributed by atoms with Crippen LogP contribution in [0.15, 0.2) is 24.7 Å². The average molecular weight is 312 g/mol. The Hall–Kier alpha value is -2.25. The second-order valence-corrected chi connectivity index (χ2v) is 4.92. The number of aromatic nitrogens is 4. The molecule has 0 aliphatic rings. The van der Waals surface area contributed by atoms with E-state index in [0.29, 0.717) is 6.42 Å². The van der Waals surface area contributed by atoms with Crippen LogP contribution in [0.4, 0.5) is 13.2 Å². The molecular weight excluding hydrogens is 297 g/mol. The average Bonchev–Trinajstić information content (AvgIpc) is 2.91. The Morgan fingerprint density at radius 1 is 1.32 bits per heavy atom. The van der Waals surface area contributed by atoms with E-state index in [9.17, 15) is 18.0 Å². The third-order valence-electron chi connectivity index (χ3n) is 3.24. The number of halogens is 3. The van der Waals surface area contributed by atoms with Gasteiger partial charge >= 0.3 is 6.18 Å². The first-order chi connectivity index (χ1) is 10.3. The van der Waals surface area contributed by atoms with E-state index in [2.05, 4.69) is 15.1 Å². The van der Waals surface area contributed by atoms with Crippen LogP contribution in [0.1, 0.15) is 31.5 Å². The van der Waals surface area contributed by atoms with Crippen molar-refractivity contribution in [3.8, 4) is 5.95 Å². The maximum absolute atomic E-state index is 13.1. The summed E-state index contributed by atoms with van der Waals surface area (Å²) in [5.41, 5.74) is -1.04. The molecule has 5 nitrogen and oxygen atoms in total. The Morgan fingerprint density at radius 3 is 2.50 bits per heavy atom. The van der Waals surface area contributed by atoms with E-state index >= 15 is 0 Å². The van der Waals surface area contributed by atoms with Crippen LogP contribution in [0.2, 0.25) is 0 Å². The molecule has 0 aliphatic carbocycles. The van der Waals surface area contributed by atoms with Gasteiger partial charge < -0.3 is 0 Å². The molecule has 2 aromatic rings. The number of Topliss-reactive ketones (excluding diaryl/α,β-unsaturated/α-hetero) is 1. The van der Waals surface area contributed by atoms with Crippen molar-refractivity contribution in [2.75, 3.05) is 0 Å². The predicted octanol–water partition coefficient (Wildman–Crippen LogP) is 2.84. The van der Waals surface area contributed by atoms with Crippen molar-refractivity contribution in [2.45, 2.75) is 32.9 Å². The highest BCUT2D eigenvalue weighted by molar-refractivity contribution is 5.80. The van der Waals surface area contributed by atoms with E-state index in [1.807, 2.05) is 0 Å². The number of carbonyl (C=O) groups excluding carboxylic acids is 1. The van der Waals surface area contributed by atoms with Gasteiger partial charge in [-0.3, -0.25) is 4.79 Å². The van der Waals surface area contributed by atoms with Crippen LogP contribution in [0, 0.1) is 5.92 Å². The summed E-state index contributed by atoms with van der Waals surface area (Å²) in [7, 11) is 0. The Balaban J connectivity index is 2.39. The van der Waals surface area contributed by atoms with E-state index in [1.165, 1.54) is 18.6 Å². The van der Waals surface area contributed by atoms with Gasteiger partial charge in [-0.1, -0.05) is 13.8 Å². The highest BCUT2D eigenvalue weighted by Crippen LogP contribution is 2.32. The van der Waals surface area contributed by atoms with Crippen molar-refractivity contribution in [2.24, 2.45) is 5.92 Å². The number of nitrogens with zero attached hydrogens (tertiary/aromatic N) is 4. The Labute approximate surface area is 125 Å². The van der Waals surface area contributed by atoms with Gasteiger partial charge in [0.25, 0.3) is 0 Å². The quantitative estimate of drug-likeness (QED) is 0.852. The van der Waals surface area contributed by atoms with Gasteiger partial charge in [0.05, 0.1) is 0 Å². The van der Waals surface area contributed by atoms with Crippen molar-refractivity contribution in [3.05, 3.63) is 35.9 Å². The van der Waals surface area contributed by atoms with Crippen LogP contribution >= 0.6 is 0 Å². The van der Waals surface area contributed by atoms with Crippen molar-refractivity contribution in [3.63, 3.8) is 0 Å². The van der Waals surface area contributed by atoms with Crippen LogP contribution in [0.3, 0.4) is 0 Å². The summed E-state index contributed by atoms with van der Waals surface area (Å²) in [6.45, 7) is 3.30. The molecule has 0 fully saturated rings. The summed E-state index contributed by atoms with van der Waals surface area (Å²) in [5.74, 6) is -0.536. The molecule has 1 unspecified atom stereocenters. The van der Waals surface area contributed by atoms with Crippen LogP contribution < -0.4 is 0 Å². The van der Waals surface area contributed by atoms with Gasteiger partial charge in [-0.2, -0.15) is 18.3 Å². The van der Waals surface area contributed by atoms with Crippen LogP contribution in [-0.4, -0.2) is 25.5 Å². The molecule has 0 saturated carbocycles. The molecule has 0 bridgehead atoms. The normalized spacial score (nSPS) is 13.1. The monoisotopic (exact) mass is 312 g/mol. The van der Waals surface area contributed by atoms with E-state index < -0.39 is 17.8 Å². The molecule has 0 N–H and O–H groups in total. The largest absolute Gasteiger partial charge is 0.435 e. The molecule has 0 aliphatic heterocycles. The topological polar surface area (TPSA) is 60.7 Å². The van der Waals surface area contributed by atoms with E-state index in [-0.39, 0.29) is 23.7 Å². The van der Waals surface area contributed by atoms with Crippen molar-refractivity contribution in [1.29, 1.82) is 0 Å². The SMILES string of the molecule is CCC(=O)C(C)Cc1cn(-c2ncccn2)nc1C(F)(F)F. The summed E-state index contributed by atoms with van der Waals surface area (Å²) >= 11 is 0. The Kier molecular flexibility index (Phi) is 4.58. The fourth-order valence-electron chi connectivity index (χ4n) is 2.10. The minimum Gasteiger partial charge on any atom is -0.299 e. The lowest BCUT2D eigenvalue weighted by Crippen LogP contribution is -2.15. The zero-order valence-corrected chi connectivity index (χ0v) is 12.1. The van der Waals surface area contributed by atoms with E-state index in [1.54, 1.807) is 19.9 Å². The zero-order valence-electron chi connectivity index (χ0n) is 12.1. The Morgan fingerprint density at radius 2 is 1.95 bits per heavy atom. The molecule has 0 radical (unpaired) electrons. The van der Waals surface area contributed by atoms with Gasteiger partial charge in [0.15, 0.2) is 5.69 Å². The minimum atomic E-state index is -4.59. The number of hydrogen-bond acceptors (Lipinski definition) is 4. The summed E-state index contributed by atoms with van der Waals surface area (Å²) in [6, 6.07) is 1.56. The number of hydrogen-bond donors (Lipinski definition) is 0. The van der Waals surface area contributed by atoms with Crippen LogP contribution in [-0.2, 0) is 17.4 Å². The molecule has 0 aromatic carbocycles. The lowest BCUT2D eigenvalue weighted by molar-refractivity contribution is -0.142. The van der Waals surface area contributed by atoms with Crippen molar-refractivity contribution in [1.82, 2.24) is 19.7 Å². The van der Waals surface area contributed by atoms with Gasteiger partial charge in [0, 0.05) is 36.5 Å². The molecule has 2 aromatic heterocycles. The zero-order chi connectivity index (χ0) is 16.3. The van der Waals surface area contributed by atoms with Crippen LogP contribution in [0.25, 0.3) is 5.95 Å². The summed E-state index contributed by atoms with van der Waals surface area (Å²) in [6.07, 6.45) is -0.255. The summed E-state index contributed by atoms with van der Waals surface area (Å²) in [5, 5.41) is 3.55. The van der Waals surface area contributed by atoms with Crippen molar-refractivity contribution < 1.29 is 18.0 Å². The molecule has 8 heteroatoms. The number of ketones is 1. The molecule has 1 atom stereocenters. The highest BCUT2D eigenvalue weighted by Gasteiger charge is 2.38. The number of alkyl halides is 3. The van der Waals surface area contributed by atoms with Gasteiger partial charge in [-0.15, -0.1) is 0 Å². The third-order valence-corrected chi connectivity index (χ3v) is 3.24. The molecule has 0 saturated heterocycles. The Bertz CT molecular complexity index is 652. The fourth-order valence-corrected chi connectivity index (χ4v) is 2.10. The van der Waals surface area contributed by atoms with E-state index in [0.717, 1.165) is 4.68 Å². The molecule has 118 valence electrons. The van der Waals surface area contributed by atoms with Gasteiger partial charge in [-0.25, -0.2) is 14.6 Å². The smallest absolute Gasteiger partial charge is 0.299 e. The molecule has 0 spiro atoms. The molecule has 2 rings (SSSR count). The van der Waals surface area contributed by atoms with Crippen LogP contribution in [0.5, 0.6) is 0 Å². The first kappa shape index (κ1) is 16.1. The van der Waals surface area contributed by atoms with Gasteiger partial charge in [0.1, 0.15) is 5.78 Å². The first-order valence-electron chi connectivity index (χ1n) is 6.78. The summed E-state index contributed by atoms with van der Waals surface area (Å²) < 4.78 is 40.3. The molecule has 22 heavy (non-hydrogen) atoms. The maximum Gasteiger partial charge on any atom is 0.435 e. The van der Waals surface area contributed by atoms with Crippen molar-refractivity contribution >= 4 is 5.78 Å². The lowest BCUT2D eigenvalue weighted by atomic mass is 9.96. The van der Waals surface area contributed by atoms with Gasteiger partial charge in [-0.05, 0) is 12.5 Å². The summed E-state index contributed by atoms with van der Waals surface area (Å²) in [4.78, 5) is 19.4. The number of carbonyl (C=O) groups is 1. The first-order valence-corrected chi connectivity index (χ1v) is 6.78. The molecule has 0 amide bonds. The fraction of sp³-hybridized carbons (Fsp3) is 0.429. The minimum absolute atomic E-state index is 0.0195. The van der Waals surface area contributed by atoms with Gasteiger partial charge in [0.2, 0.25) is 5.95 Å². The third kappa shape index (κ3) is 3.49. The predicted molar refractivity (Wildman–Crippen MR) is 72.3 cm³/mol. The second kappa shape index (κ2) is 6.25. The number of rotatable bonds is 5.